The average Bonchev–Trinajstić information content (AvgIpc) is 3.21. The van der Waals surface area contributed by atoms with Crippen LogP contribution in [0, 0.1) is 0 Å². The predicted octanol–water partition coefficient (Wildman–Crippen LogP) is 4.41. The van der Waals surface area contributed by atoms with Gasteiger partial charge in [0.15, 0.2) is 0 Å². The number of likely N-dealkylation sites (tertiary alicyclic amines) is 1. The minimum Gasteiger partial charge on any atom is -0.326 e. The van der Waals surface area contributed by atoms with Crippen molar-refractivity contribution in [3.8, 4) is 0 Å². The monoisotopic (exact) mass is 412 g/mol. The number of hydrogen-bond acceptors (Lipinski definition) is 3. The molecular formula is C16H14BrClN2O2S. The number of nitrogens with zero attached hydrogens (tertiary/aromatic N) is 1. The van der Waals surface area contributed by atoms with Gasteiger partial charge < -0.3 is 10.2 Å². The van der Waals surface area contributed by atoms with Gasteiger partial charge in [-0.05, 0) is 58.4 Å². The number of hydrogen-bond donors (Lipinski definition) is 1. The standard InChI is InChI=1S/C16H14BrClN2O2S/c17-11-9-10(5-6-12(11)18)19-15(21)13-3-1-7-20(13)16(22)14-4-2-8-23-14/h2,4-6,8-9,13H,1,3,7H2,(H,19,21)/t13-/m0/s1. The summed E-state index contributed by atoms with van der Waals surface area (Å²) in [5, 5.41) is 5.31. The first kappa shape index (κ1) is 16.5. The van der Waals surface area contributed by atoms with Crippen molar-refractivity contribution in [2.45, 2.75) is 18.9 Å². The third kappa shape index (κ3) is 3.59. The fourth-order valence-electron chi connectivity index (χ4n) is 2.62. The molecular weight excluding hydrogens is 400 g/mol. The van der Waals surface area contributed by atoms with Crippen LogP contribution in [0.5, 0.6) is 0 Å². The zero-order valence-corrected chi connectivity index (χ0v) is 15.2. The van der Waals surface area contributed by atoms with Crippen molar-refractivity contribution in [1.29, 1.82) is 0 Å². The van der Waals surface area contributed by atoms with Crippen LogP contribution in [0.4, 0.5) is 5.69 Å². The summed E-state index contributed by atoms with van der Waals surface area (Å²) in [4.78, 5) is 27.4. The van der Waals surface area contributed by atoms with Crippen molar-refractivity contribution in [3.05, 3.63) is 50.1 Å². The van der Waals surface area contributed by atoms with Gasteiger partial charge >= 0.3 is 0 Å². The first-order valence-electron chi connectivity index (χ1n) is 7.16. The number of anilines is 1. The molecule has 0 unspecified atom stereocenters. The zero-order valence-electron chi connectivity index (χ0n) is 12.1. The molecule has 3 rings (SSSR count). The van der Waals surface area contributed by atoms with Crippen LogP contribution in [-0.2, 0) is 4.79 Å². The Hall–Kier alpha value is -1.37. The molecule has 2 amide bonds. The van der Waals surface area contributed by atoms with E-state index in [1.807, 2.05) is 11.4 Å². The van der Waals surface area contributed by atoms with Gasteiger partial charge in [-0.3, -0.25) is 9.59 Å². The maximum absolute atomic E-state index is 12.5. The summed E-state index contributed by atoms with van der Waals surface area (Å²) < 4.78 is 0.718. The Balaban J connectivity index is 1.73. The first-order valence-corrected chi connectivity index (χ1v) is 9.21. The fourth-order valence-corrected chi connectivity index (χ4v) is 3.80. The molecule has 0 saturated carbocycles. The van der Waals surface area contributed by atoms with Crippen LogP contribution < -0.4 is 5.32 Å². The second kappa shape index (κ2) is 7.03. The summed E-state index contributed by atoms with van der Waals surface area (Å²) in [7, 11) is 0. The first-order chi connectivity index (χ1) is 11.1. The molecule has 0 radical (unpaired) electrons. The molecule has 7 heteroatoms. The summed E-state index contributed by atoms with van der Waals surface area (Å²) in [6.07, 6.45) is 1.51. The summed E-state index contributed by atoms with van der Waals surface area (Å²) in [5.41, 5.74) is 0.654. The molecule has 0 aliphatic carbocycles. The topological polar surface area (TPSA) is 49.4 Å². The number of carbonyl (C=O) groups is 2. The lowest BCUT2D eigenvalue weighted by atomic mass is 10.2. The lowest BCUT2D eigenvalue weighted by Crippen LogP contribution is -2.42. The number of thiophene rings is 1. The molecule has 1 fully saturated rings. The lowest BCUT2D eigenvalue weighted by molar-refractivity contribution is -0.119. The van der Waals surface area contributed by atoms with Crippen molar-refractivity contribution in [2.75, 3.05) is 11.9 Å². The normalized spacial score (nSPS) is 17.3. The number of halogens is 2. The van der Waals surface area contributed by atoms with Gasteiger partial charge in [-0.25, -0.2) is 0 Å². The van der Waals surface area contributed by atoms with Gasteiger partial charge in [0.1, 0.15) is 6.04 Å². The van der Waals surface area contributed by atoms with Gasteiger partial charge in [-0.1, -0.05) is 17.7 Å². The summed E-state index contributed by atoms with van der Waals surface area (Å²) in [6, 6.07) is 8.40. The van der Waals surface area contributed by atoms with E-state index in [4.69, 9.17) is 11.6 Å². The third-order valence-electron chi connectivity index (χ3n) is 3.74. The molecule has 1 aromatic heterocycles. The average molecular weight is 414 g/mol. The predicted molar refractivity (Wildman–Crippen MR) is 96.2 cm³/mol. The summed E-state index contributed by atoms with van der Waals surface area (Å²) in [5.74, 6) is -0.239. The molecule has 120 valence electrons. The molecule has 1 aliphatic heterocycles. The van der Waals surface area contributed by atoms with Gasteiger partial charge in [0.2, 0.25) is 5.91 Å². The van der Waals surface area contributed by atoms with Crippen LogP contribution in [0.25, 0.3) is 0 Å². The molecule has 2 aromatic rings. The Kier molecular flexibility index (Phi) is 5.04. The van der Waals surface area contributed by atoms with Crippen LogP contribution >= 0.6 is 38.9 Å². The number of benzene rings is 1. The Morgan fingerprint density at radius 1 is 1.35 bits per heavy atom. The Morgan fingerprint density at radius 3 is 2.87 bits per heavy atom. The highest BCUT2D eigenvalue weighted by molar-refractivity contribution is 9.10. The van der Waals surface area contributed by atoms with Crippen molar-refractivity contribution >= 4 is 56.4 Å². The van der Waals surface area contributed by atoms with E-state index in [1.54, 1.807) is 29.2 Å². The third-order valence-corrected chi connectivity index (χ3v) is 5.81. The Bertz CT molecular complexity index is 736. The Morgan fingerprint density at radius 2 is 2.17 bits per heavy atom. The van der Waals surface area contributed by atoms with Crippen LogP contribution in [0.1, 0.15) is 22.5 Å². The second-order valence-electron chi connectivity index (χ2n) is 5.25. The van der Waals surface area contributed by atoms with Crippen LogP contribution in [-0.4, -0.2) is 29.3 Å². The van der Waals surface area contributed by atoms with Gasteiger partial charge in [0, 0.05) is 16.7 Å². The molecule has 1 saturated heterocycles. The van der Waals surface area contributed by atoms with Crippen molar-refractivity contribution in [2.24, 2.45) is 0 Å². The number of amides is 2. The van der Waals surface area contributed by atoms with Crippen molar-refractivity contribution < 1.29 is 9.59 Å². The molecule has 0 bridgehead atoms. The minimum atomic E-state index is -0.431. The SMILES string of the molecule is O=C(Nc1ccc(Cl)c(Br)c1)[C@@H]1CCCN1C(=O)c1cccs1. The lowest BCUT2D eigenvalue weighted by Gasteiger charge is -2.23. The van der Waals surface area contributed by atoms with Gasteiger partial charge in [-0.2, -0.15) is 0 Å². The Labute approximate surface area is 151 Å². The quantitative estimate of drug-likeness (QED) is 0.810. The largest absolute Gasteiger partial charge is 0.326 e. The van der Waals surface area contributed by atoms with Crippen molar-refractivity contribution in [3.63, 3.8) is 0 Å². The second-order valence-corrected chi connectivity index (χ2v) is 7.46. The highest BCUT2D eigenvalue weighted by Crippen LogP contribution is 2.27. The van der Waals surface area contributed by atoms with E-state index < -0.39 is 6.04 Å². The van der Waals surface area contributed by atoms with E-state index in [0.717, 1.165) is 10.9 Å². The van der Waals surface area contributed by atoms with E-state index in [0.29, 0.717) is 28.6 Å². The van der Waals surface area contributed by atoms with Gasteiger partial charge in [-0.15, -0.1) is 11.3 Å². The number of nitrogens with one attached hydrogen (secondary N) is 1. The van der Waals surface area contributed by atoms with Crippen molar-refractivity contribution in [1.82, 2.24) is 4.90 Å². The molecule has 1 atom stereocenters. The van der Waals surface area contributed by atoms with Crippen LogP contribution in [0.15, 0.2) is 40.2 Å². The van der Waals surface area contributed by atoms with Gasteiger partial charge in [0.25, 0.3) is 5.91 Å². The molecule has 1 aliphatic rings. The molecule has 0 spiro atoms. The maximum Gasteiger partial charge on any atom is 0.264 e. The summed E-state index contributed by atoms with van der Waals surface area (Å²) in [6.45, 7) is 0.610. The van der Waals surface area contributed by atoms with Crippen LogP contribution in [0.2, 0.25) is 5.02 Å². The van der Waals surface area contributed by atoms with Crippen LogP contribution in [0.3, 0.4) is 0 Å². The molecule has 2 heterocycles. The smallest absolute Gasteiger partial charge is 0.264 e. The molecule has 1 N–H and O–H groups in total. The number of carbonyl (C=O) groups excluding carboxylic acids is 2. The molecule has 1 aromatic carbocycles. The number of rotatable bonds is 3. The maximum atomic E-state index is 12.5. The van der Waals surface area contributed by atoms with E-state index >= 15 is 0 Å². The highest BCUT2D eigenvalue weighted by atomic mass is 79.9. The molecule has 4 nitrogen and oxygen atoms in total. The van der Waals surface area contributed by atoms with E-state index in [2.05, 4.69) is 21.2 Å². The van der Waals surface area contributed by atoms with E-state index in [9.17, 15) is 9.59 Å². The van der Waals surface area contributed by atoms with Gasteiger partial charge in [0.05, 0.1) is 9.90 Å². The van der Waals surface area contributed by atoms with E-state index in [-0.39, 0.29) is 11.8 Å². The minimum absolute atomic E-state index is 0.0741. The summed E-state index contributed by atoms with van der Waals surface area (Å²) >= 11 is 10.7. The fraction of sp³-hybridized carbons (Fsp3) is 0.250. The molecule has 23 heavy (non-hydrogen) atoms. The van der Waals surface area contributed by atoms with E-state index in [1.165, 1.54) is 11.3 Å². The zero-order chi connectivity index (χ0) is 16.4. The highest BCUT2D eigenvalue weighted by Gasteiger charge is 2.34.